The van der Waals surface area contributed by atoms with Gasteiger partial charge in [0, 0.05) is 19.3 Å². The van der Waals surface area contributed by atoms with E-state index >= 15 is 0 Å². The first-order valence-corrected chi connectivity index (χ1v) is 6.90. The van der Waals surface area contributed by atoms with E-state index in [0.29, 0.717) is 23.3 Å². The first-order valence-electron chi connectivity index (χ1n) is 6.10. The molecule has 2 aromatic heterocycles. The number of carboxylic acid groups (broad SMARTS) is 1. The topological polar surface area (TPSA) is 101 Å². The van der Waals surface area contributed by atoms with E-state index in [2.05, 4.69) is 31.2 Å². The second-order valence-corrected chi connectivity index (χ2v) is 5.43. The lowest BCUT2D eigenvalue weighted by Gasteiger charge is -2.38. The molecular weight excluding hydrogens is 342 g/mol. The monoisotopic (exact) mass is 351 g/mol. The van der Waals surface area contributed by atoms with Crippen LogP contribution in [0.25, 0.3) is 0 Å². The number of pyridine rings is 1. The quantitative estimate of drug-likeness (QED) is 0.822. The molecule has 1 amide bonds. The Balaban J connectivity index is 1.63. The Kier molecular flexibility index (Phi) is 3.42. The normalized spacial score (nSPS) is 14.8. The molecule has 1 aliphatic heterocycles. The first kappa shape index (κ1) is 13.7. The molecule has 108 valence electrons. The van der Waals surface area contributed by atoms with Crippen molar-refractivity contribution >= 4 is 27.8 Å². The predicted octanol–water partition coefficient (Wildman–Crippen LogP) is 0.831. The van der Waals surface area contributed by atoms with E-state index < -0.39 is 5.97 Å². The smallest absolute Gasteiger partial charge is 0.358 e. The summed E-state index contributed by atoms with van der Waals surface area (Å²) in [5.41, 5.74) is 0.415. The minimum atomic E-state index is -1.12. The molecule has 0 radical (unpaired) electrons. The number of nitrogens with zero attached hydrogens (tertiary/aromatic N) is 5. The van der Waals surface area contributed by atoms with Crippen molar-refractivity contribution in [2.75, 3.05) is 13.1 Å². The van der Waals surface area contributed by atoms with E-state index in [1.165, 1.54) is 17.1 Å². The summed E-state index contributed by atoms with van der Waals surface area (Å²) in [7, 11) is 0. The highest BCUT2D eigenvalue weighted by molar-refractivity contribution is 9.10. The molecule has 0 spiro atoms. The number of amides is 1. The second-order valence-electron chi connectivity index (χ2n) is 4.62. The number of carboxylic acids is 1. The highest BCUT2D eigenvalue weighted by atomic mass is 79.9. The number of likely N-dealkylation sites (tertiary alicyclic amines) is 1. The SMILES string of the molecule is O=C(O)c1cn(C2CN(C(=O)c3ccc(Br)nc3)C2)nn1. The van der Waals surface area contributed by atoms with Gasteiger partial charge in [-0.25, -0.2) is 14.5 Å². The summed E-state index contributed by atoms with van der Waals surface area (Å²) in [6.45, 7) is 0.939. The summed E-state index contributed by atoms with van der Waals surface area (Å²) in [5.74, 6) is -1.22. The van der Waals surface area contributed by atoms with Gasteiger partial charge in [0.05, 0.1) is 17.8 Å². The molecule has 1 N–H and O–H groups in total. The zero-order valence-electron chi connectivity index (χ0n) is 10.7. The third-order valence-electron chi connectivity index (χ3n) is 3.23. The summed E-state index contributed by atoms with van der Waals surface area (Å²) in [5, 5.41) is 16.1. The van der Waals surface area contributed by atoms with Crippen molar-refractivity contribution in [1.82, 2.24) is 24.9 Å². The molecule has 0 unspecified atom stereocenters. The molecule has 1 saturated heterocycles. The molecular formula is C12H10BrN5O3. The predicted molar refractivity (Wildman–Crippen MR) is 73.9 cm³/mol. The second kappa shape index (κ2) is 5.24. The largest absolute Gasteiger partial charge is 0.476 e. The van der Waals surface area contributed by atoms with Crippen LogP contribution in [0.1, 0.15) is 26.9 Å². The molecule has 3 rings (SSSR count). The van der Waals surface area contributed by atoms with Gasteiger partial charge >= 0.3 is 5.97 Å². The molecule has 1 fully saturated rings. The first-order chi connectivity index (χ1) is 10.0. The number of hydrogen-bond donors (Lipinski definition) is 1. The van der Waals surface area contributed by atoms with Gasteiger partial charge in [-0.15, -0.1) is 5.10 Å². The summed E-state index contributed by atoms with van der Waals surface area (Å²) >= 11 is 3.21. The number of aromatic carboxylic acids is 1. The van der Waals surface area contributed by atoms with Gasteiger partial charge < -0.3 is 10.0 Å². The average Bonchev–Trinajstić information content (AvgIpc) is 2.87. The molecule has 0 atom stereocenters. The van der Waals surface area contributed by atoms with Crippen LogP contribution in [0.2, 0.25) is 0 Å². The van der Waals surface area contributed by atoms with Crippen molar-refractivity contribution in [3.8, 4) is 0 Å². The Hall–Kier alpha value is -2.29. The molecule has 0 aromatic carbocycles. The maximum Gasteiger partial charge on any atom is 0.358 e. The van der Waals surface area contributed by atoms with E-state index in [4.69, 9.17) is 5.11 Å². The lowest BCUT2D eigenvalue weighted by atomic mass is 10.1. The molecule has 0 saturated carbocycles. The molecule has 8 nitrogen and oxygen atoms in total. The van der Waals surface area contributed by atoms with Crippen molar-refractivity contribution in [3.05, 3.63) is 40.4 Å². The zero-order valence-corrected chi connectivity index (χ0v) is 12.3. The van der Waals surface area contributed by atoms with Crippen molar-refractivity contribution in [3.63, 3.8) is 0 Å². The van der Waals surface area contributed by atoms with Crippen molar-refractivity contribution < 1.29 is 14.7 Å². The summed E-state index contributed by atoms with van der Waals surface area (Å²) < 4.78 is 2.15. The summed E-state index contributed by atoms with van der Waals surface area (Å²) in [6, 6.07) is 3.36. The van der Waals surface area contributed by atoms with E-state index in [9.17, 15) is 9.59 Å². The minimum Gasteiger partial charge on any atom is -0.476 e. The van der Waals surface area contributed by atoms with Crippen LogP contribution in [-0.2, 0) is 0 Å². The molecule has 0 bridgehead atoms. The van der Waals surface area contributed by atoms with Crippen LogP contribution in [0.3, 0.4) is 0 Å². The van der Waals surface area contributed by atoms with Crippen molar-refractivity contribution in [1.29, 1.82) is 0 Å². The van der Waals surface area contributed by atoms with E-state index in [-0.39, 0.29) is 17.6 Å². The minimum absolute atomic E-state index is 0.0436. The van der Waals surface area contributed by atoms with Crippen LogP contribution in [0, 0.1) is 0 Å². The average molecular weight is 352 g/mol. The van der Waals surface area contributed by atoms with Gasteiger partial charge in [0.1, 0.15) is 4.60 Å². The van der Waals surface area contributed by atoms with Crippen LogP contribution in [0.4, 0.5) is 0 Å². The van der Waals surface area contributed by atoms with Crippen molar-refractivity contribution in [2.24, 2.45) is 0 Å². The van der Waals surface area contributed by atoms with Gasteiger partial charge in [0.15, 0.2) is 5.69 Å². The van der Waals surface area contributed by atoms with Gasteiger partial charge in [0.25, 0.3) is 5.91 Å². The highest BCUT2D eigenvalue weighted by Crippen LogP contribution is 2.22. The number of carbonyl (C=O) groups is 2. The van der Waals surface area contributed by atoms with Gasteiger partial charge in [-0.3, -0.25) is 4.79 Å². The Bertz CT molecular complexity index is 693. The van der Waals surface area contributed by atoms with Crippen molar-refractivity contribution in [2.45, 2.75) is 6.04 Å². The Labute approximate surface area is 127 Å². The Morgan fingerprint density at radius 3 is 2.67 bits per heavy atom. The summed E-state index contributed by atoms with van der Waals surface area (Å²) in [6.07, 6.45) is 2.88. The highest BCUT2D eigenvalue weighted by Gasteiger charge is 2.33. The van der Waals surface area contributed by atoms with E-state index in [0.717, 1.165) is 0 Å². The number of halogens is 1. The van der Waals surface area contributed by atoms with Crippen LogP contribution in [0.5, 0.6) is 0 Å². The molecule has 3 heterocycles. The van der Waals surface area contributed by atoms with Crippen LogP contribution in [0.15, 0.2) is 29.1 Å². The molecule has 21 heavy (non-hydrogen) atoms. The molecule has 2 aromatic rings. The molecule has 9 heteroatoms. The fourth-order valence-corrected chi connectivity index (χ4v) is 2.26. The fraction of sp³-hybridized carbons (Fsp3) is 0.250. The maximum absolute atomic E-state index is 12.2. The van der Waals surface area contributed by atoms with E-state index in [1.807, 2.05) is 0 Å². The third kappa shape index (κ3) is 2.64. The third-order valence-corrected chi connectivity index (χ3v) is 3.70. The lowest BCUT2D eigenvalue weighted by Crippen LogP contribution is -2.50. The number of rotatable bonds is 3. The summed E-state index contributed by atoms with van der Waals surface area (Å²) in [4.78, 5) is 28.6. The molecule has 1 aliphatic rings. The Morgan fingerprint density at radius 2 is 2.10 bits per heavy atom. The fourth-order valence-electron chi connectivity index (χ4n) is 2.03. The van der Waals surface area contributed by atoms with Crippen LogP contribution >= 0.6 is 15.9 Å². The van der Waals surface area contributed by atoms with Gasteiger partial charge in [-0.1, -0.05) is 5.21 Å². The van der Waals surface area contributed by atoms with Crippen LogP contribution < -0.4 is 0 Å². The van der Waals surface area contributed by atoms with Gasteiger partial charge in [0.2, 0.25) is 0 Å². The Morgan fingerprint density at radius 1 is 1.33 bits per heavy atom. The van der Waals surface area contributed by atoms with Gasteiger partial charge in [-0.2, -0.15) is 0 Å². The maximum atomic E-state index is 12.2. The van der Waals surface area contributed by atoms with E-state index in [1.54, 1.807) is 17.0 Å². The lowest BCUT2D eigenvalue weighted by molar-refractivity contribution is 0.0497. The standard InChI is InChI=1S/C12H10BrN5O3/c13-10-2-1-7(3-14-10)11(19)17-4-8(5-17)18-6-9(12(20)21)15-16-18/h1-3,6,8H,4-5H2,(H,20,21). The van der Waals surface area contributed by atoms with Gasteiger partial charge in [-0.05, 0) is 28.1 Å². The zero-order chi connectivity index (χ0) is 15.0. The number of aromatic nitrogens is 4. The van der Waals surface area contributed by atoms with Crippen LogP contribution in [-0.4, -0.2) is 55.0 Å². The number of carbonyl (C=O) groups excluding carboxylic acids is 1. The molecule has 0 aliphatic carbocycles. The number of hydrogen-bond acceptors (Lipinski definition) is 5.